The number of carbonyl (C=O) groups excluding carboxylic acids is 14. The number of rotatable bonds is 28. The van der Waals surface area contributed by atoms with Crippen LogP contribution in [0.3, 0.4) is 0 Å². The van der Waals surface area contributed by atoms with Gasteiger partial charge >= 0.3 is 83.6 Å². The maximum absolute atomic E-state index is 11.3. The standard InChI is InChI=1S/2C9H17NO3.2C7H11ClO3.2C7H12O4.C6H10O4.C6H8O3.C4H6O3.CH4O.CH4.Cl2OS/c1-7(9(12)10(2)3)5-6-8(11)13-4;1-7(9(12)13-4)5-6-8(11)10(2)3;1-5(7(8)10)3-4-6(9)11-2;1-5(7(10)11-2)3-4-6(8)9;1-5(7(9)10)3-4-6(8)11-2;1-5(7(10)11-2)3-4-6(8)9;1-4(6(9)10)2-3-5(7)8;1-4-2-3-5(7)9-6(4)8;1-3(5)7-4(2)6;1-2;;1-4(2)3/h2*7H,5-6H2,1-4H3;2*5H,3-4H2,1-2H3;5H,3-4H2,1-2H3,(H,9,10);5H,3-4H2,1-2H3,(H,8,9);4H,2-3H2,1H3,(H,7,8)(H,9,10);4H,2-3H2,1H3;1-2H3;2H,1H3;1H4;. The average Bonchev–Trinajstić information content (AvgIpc) is 0.919. The fourth-order valence-electron chi connectivity index (χ4n) is 5.68. The predicted molar refractivity (Wildman–Crippen MR) is 377 cm³/mol. The third-order valence-corrected chi connectivity index (χ3v) is 12.8. The minimum atomic E-state index is -1.67. The third kappa shape index (κ3) is 94.5. The molecule has 0 aromatic heterocycles. The number of carbonyl (C=O) groups is 18. The van der Waals surface area contributed by atoms with Crippen molar-refractivity contribution in [3.05, 3.63) is 0 Å². The molecule has 1 fully saturated rings. The summed E-state index contributed by atoms with van der Waals surface area (Å²) in [4.78, 5) is 191. The molecule has 34 nitrogen and oxygen atoms in total. The van der Waals surface area contributed by atoms with E-state index in [1.165, 1.54) is 73.2 Å². The second kappa shape index (κ2) is 77.2. The lowest BCUT2D eigenvalue weighted by molar-refractivity contribution is -0.167. The Labute approximate surface area is 625 Å². The molecular weight excluding hydrogens is 1480 g/mol. The van der Waals surface area contributed by atoms with Gasteiger partial charge in [0, 0.05) is 134 Å². The Morgan fingerprint density at radius 2 is 0.757 bits per heavy atom. The quantitative estimate of drug-likeness (QED) is 0.0216. The summed E-state index contributed by atoms with van der Waals surface area (Å²) in [6.45, 7) is 15.8. The van der Waals surface area contributed by atoms with Crippen LogP contribution in [0.5, 0.6) is 0 Å². The number of carboxylic acid groups (broad SMARTS) is 4. The van der Waals surface area contributed by atoms with Gasteiger partial charge in [0.1, 0.15) is 0 Å². The number of aliphatic hydroxyl groups excluding tert-OH is 1. The van der Waals surface area contributed by atoms with E-state index in [4.69, 9.17) is 52.9 Å². The van der Waals surface area contributed by atoms with Gasteiger partial charge in [-0.3, -0.25) is 86.3 Å². The van der Waals surface area contributed by atoms with Crippen molar-refractivity contribution in [2.24, 2.45) is 47.3 Å². The van der Waals surface area contributed by atoms with Crippen LogP contribution in [0.4, 0.5) is 0 Å². The molecule has 1 aliphatic heterocycles. The van der Waals surface area contributed by atoms with E-state index in [0.717, 1.165) is 7.11 Å². The molecule has 39 heteroatoms. The zero-order chi connectivity index (χ0) is 82.7. The molecule has 1 rings (SSSR count). The number of amides is 2. The summed E-state index contributed by atoms with van der Waals surface area (Å²) in [5.74, 6) is -9.62. The third-order valence-electron chi connectivity index (χ3n) is 12.3. The number of hydrogen-bond donors (Lipinski definition) is 5. The first-order valence-corrected chi connectivity index (χ1v) is 34.2. The van der Waals surface area contributed by atoms with Crippen molar-refractivity contribution >= 4 is 160 Å². The fourth-order valence-corrected chi connectivity index (χ4v) is 5.90. The molecule has 0 aliphatic carbocycles. The monoisotopic (exact) mass is 1590 g/mol. The van der Waals surface area contributed by atoms with E-state index >= 15 is 0 Å². The summed E-state index contributed by atoms with van der Waals surface area (Å²) >= 11 is 10.2. The fraction of sp³-hybridized carbons (Fsp3) is 0.719. The van der Waals surface area contributed by atoms with E-state index in [1.807, 2.05) is 6.92 Å². The van der Waals surface area contributed by atoms with Gasteiger partial charge in [0.25, 0.3) is 0 Å². The number of aliphatic hydroxyl groups is 1. The molecule has 604 valence electrons. The van der Waals surface area contributed by atoms with E-state index in [1.54, 1.807) is 69.7 Å². The molecule has 0 saturated carbocycles. The van der Waals surface area contributed by atoms with Crippen LogP contribution in [-0.4, -0.2) is 223 Å². The topological polar surface area (TPSA) is 506 Å². The number of esters is 10. The molecule has 8 unspecified atom stereocenters. The van der Waals surface area contributed by atoms with Crippen LogP contribution in [-0.2, 0) is 133 Å². The Kier molecular flexibility index (Phi) is 89.5. The van der Waals surface area contributed by atoms with E-state index in [0.29, 0.717) is 64.2 Å². The predicted octanol–water partition coefficient (Wildman–Crippen LogP) is 7.77. The second-order valence-electron chi connectivity index (χ2n) is 21.5. The molecule has 103 heavy (non-hydrogen) atoms. The Bertz CT molecular complexity index is 2450. The normalized spacial score (nSPS) is 12.8. The van der Waals surface area contributed by atoms with Crippen molar-refractivity contribution < 1.29 is 154 Å². The number of carboxylic acids is 4. The summed E-state index contributed by atoms with van der Waals surface area (Å²) < 4.78 is 44.0. The van der Waals surface area contributed by atoms with E-state index in [9.17, 15) is 86.3 Å². The first-order chi connectivity index (χ1) is 46.9. The summed E-state index contributed by atoms with van der Waals surface area (Å²) in [7, 11) is 23.1. The Morgan fingerprint density at radius 1 is 0.476 bits per heavy atom. The number of cyclic esters (lactones) is 2. The SMILES string of the molecule is C.CC(=O)OC(C)=O.CC(CCC(=O)O)C(=O)O.CC1CCC(=O)OC1=O.CO.COC(=O)C(C)CCC(=O)Cl.COC(=O)C(C)CCC(=O)N(C)C.COC(=O)C(C)CCC(=O)O.COC(=O)CCC(C)C(=O)Cl.COC(=O)CCC(C)C(=O)N(C)C.COC(=O)CCC(C)C(=O)O.O=S(Cl)Cl. The number of hydrogen-bond acceptors (Lipinski definition) is 28. The van der Waals surface area contributed by atoms with Crippen LogP contribution in [0.25, 0.3) is 0 Å². The van der Waals surface area contributed by atoms with E-state index in [-0.39, 0.29) is 135 Å². The van der Waals surface area contributed by atoms with Crippen LogP contribution in [0.2, 0.25) is 0 Å². The zero-order valence-corrected chi connectivity index (χ0v) is 65.8. The molecule has 0 aromatic rings. The number of methoxy groups -OCH3 is 6. The molecule has 0 bridgehead atoms. The van der Waals surface area contributed by atoms with Crippen LogP contribution in [0.1, 0.15) is 179 Å². The van der Waals surface area contributed by atoms with Gasteiger partial charge in [0.2, 0.25) is 31.5 Å². The van der Waals surface area contributed by atoms with Gasteiger partial charge in [0.15, 0.2) is 0 Å². The molecule has 0 aromatic carbocycles. The molecule has 1 saturated heterocycles. The zero-order valence-electron chi connectivity index (χ0n) is 62.0. The number of aliphatic carboxylic acids is 4. The molecule has 0 spiro atoms. The van der Waals surface area contributed by atoms with Crippen LogP contribution < -0.4 is 0 Å². The van der Waals surface area contributed by atoms with E-state index in [2.05, 4.69) is 59.3 Å². The molecule has 5 N–H and O–H groups in total. The Morgan fingerprint density at radius 3 is 0.981 bits per heavy atom. The molecule has 1 aliphatic rings. The lowest BCUT2D eigenvalue weighted by Crippen LogP contribution is -2.28. The second-order valence-corrected chi connectivity index (χ2v) is 24.8. The molecule has 1 heterocycles. The molecule has 8 atom stereocenters. The van der Waals surface area contributed by atoms with Crippen molar-refractivity contribution in [2.75, 3.05) is 78.0 Å². The van der Waals surface area contributed by atoms with Gasteiger partial charge in [-0.1, -0.05) is 62.8 Å². The Hall–Kier alpha value is -7.47. The number of nitrogens with zero attached hydrogens (tertiary/aromatic N) is 2. The highest BCUT2D eigenvalue weighted by atomic mass is 36.0. The van der Waals surface area contributed by atoms with Crippen molar-refractivity contribution in [3.8, 4) is 0 Å². The molecular formula is C64H112Cl4N2O32S. The van der Waals surface area contributed by atoms with Crippen LogP contribution in [0, 0.1) is 47.3 Å². The van der Waals surface area contributed by atoms with Gasteiger partial charge in [-0.15, -0.1) is 0 Å². The van der Waals surface area contributed by atoms with Gasteiger partial charge < -0.3 is 73.2 Å². The highest BCUT2D eigenvalue weighted by Gasteiger charge is 2.25. The minimum Gasteiger partial charge on any atom is -0.481 e. The van der Waals surface area contributed by atoms with E-state index < -0.39 is 73.3 Å². The number of ether oxygens (including phenoxy) is 8. The van der Waals surface area contributed by atoms with Crippen LogP contribution >= 0.6 is 44.6 Å². The van der Waals surface area contributed by atoms with Gasteiger partial charge in [-0.2, -0.15) is 0 Å². The van der Waals surface area contributed by atoms with Crippen LogP contribution in [0.15, 0.2) is 0 Å². The van der Waals surface area contributed by atoms with Crippen molar-refractivity contribution in [3.63, 3.8) is 0 Å². The molecule has 2 amide bonds. The largest absolute Gasteiger partial charge is 0.481 e. The summed E-state index contributed by atoms with van der Waals surface area (Å²) in [6, 6.07) is 0. The average molecular weight is 1600 g/mol. The van der Waals surface area contributed by atoms with Crippen molar-refractivity contribution in [1.82, 2.24) is 9.80 Å². The maximum atomic E-state index is 11.3. The lowest BCUT2D eigenvalue weighted by Gasteiger charge is -2.15. The van der Waals surface area contributed by atoms with Gasteiger partial charge in [-0.05, 0) is 74.6 Å². The highest BCUT2D eigenvalue weighted by Crippen LogP contribution is 2.15. The molecule has 0 radical (unpaired) electrons. The Balaban J connectivity index is -0.000000102. The summed E-state index contributed by atoms with van der Waals surface area (Å²) in [5, 5.41) is 39.3. The summed E-state index contributed by atoms with van der Waals surface area (Å²) in [5.41, 5.74) is 0. The van der Waals surface area contributed by atoms with Gasteiger partial charge in [-0.25, -0.2) is 4.21 Å². The number of halogens is 4. The first-order valence-electron chi connectivity index (χ1n) is 30.6. The van der Waals surface area contributed by atoms with Crippen molar-refractivity contribution in [2.45, 2.75) is 179 Å². The smallest absolute Gasteiger partial charge is 0.316 e. The summed E-state index contributed by atoms with van der Waals surface area (Å²) in [6.07, 6.45) is 5.15. The minimum absolute atomic E-state index is 0. The lowest BCUT2D eigenvalue weighted by atomic mass is 10.0. The van der Waals surface area contributed by atoms with Gasteiger partial charge in [0.05, 0.1) is 78.2 Å². The maximum Gasteiger partial charge on any atom is 0.316 e. The highest BCUT2D eigenvalue weighted by molar-refractivity contribution is 8.26. The first kappa shape index (κ1) is 119. The van der Waals surface area contributed by atoms with Crippen molar-refractivity contribution in [1.29, 1.82) is 0 Å².